The minimum Gasteiger partial charge on any atom is -0.455 e. The van der Waals surface area contributed by atoms with E-state index in [1.54, 1.807) is 0 Å². The van der Waals surface area contributed by atoms with Crippen LogP contribution in [0, 0.1) is 0 Å². The lowest BCUT2D eigenvalue weighted by Gasteiger charge is -2.10. The van der Waals surface area contributed by atoms with Gasteiger partial charge in [0, 0.05) is 0 Å². The van der Waals surface area contributed by atoms with Crippen molar-refractivity contribution in [3.8, 4) is 45.3 Å². The molecule has 0 unspecified atom stereocenters. The minimum atomic E-state index is 0.617. The lowest BCUT2D eigenvalue weighted by Crippen LogP contribution is -1.91. The molecule has 0 fully saturated rings. The summed E-state index contributed by atoms with van der Waals surface area (Å²) in [5, 5.41) is 0. The molecule has 0 bridgehead atoms. The van der Waals surface area contributed by atoms with Crippen molar-refractivity contribution < 1.29 is 9.47 Å². The molecule has 0 saturated carbocycles. The Kier molecular flexibility index (Phi) is 5.87. The molecule has 0 atom stereocenters. The molecule has 4 nitrogen and oxygen atoms in total. The second-order valence-corrected chi connectivity index (χ2v) is 7.91. The van der Waals surface area contributed by atoms with Crippen molar-refractivity contribution >= 4 is 11.4 Å². The molecule has 5 aromatic carbocycles. The van der Waals surface area contributed by atoms with Gasteiger partial charge in [0.25, 0.3) is 0 Å². The van der Waals surface area contributed by atoms with Gasteiger partial charge in [0.15, 0.2) is 0 Å². The van der Waals surface area contributed by atoms with E-state index in [-0.39, 0.29) is 0 Å². The zero-order valence-electron chi connectivity index (χ0n) is 18.5. The molecular weight excluding hydrogens is 420 g/mol. The molecular formula is C30H24N2O2. The highest BCUT2D eigenvalue weighted by Gasteiger charge is 2.05. The summed E-state index contributed by atoms with van der Waals surface area (Å²) in [5.41, 5.74) is 17.7. The number of ether oxygens (including phenoxy) is 2. The van der Waals surface area contributed by atoms with E-state index in [4.69, 9.17) is 20.9 Å². The van der Waals surface area contributed by atoms with Gasteiger partial charge in [-0.15, -0.1) is 0 Å². The monoisotopic (exact) mass is 444 g/mol. The van der Waals surface area contributed by atoms with Gasteiger partial charge in [-0.25, -0.2) is 0 Å². The Morgan fingerprint density at radius 3 is 0.971 bits per heavy atom. The number of nitrogens with two attached hydrogens (primary N) is 2. The molecule has 0 spiro atoms. The van der Waals surface area contributed by atoms with Crippen LogP contribution >= 0.6 is 0 Å². The molecule has 34 heavy (non-hydrogen) atoms. The molecule has 0 aromatic heterocycles. The van der Waals surface area contributed by atoms with Crippen molar-refractivity contribution in [2.24, 2.45) is 0 Å². The standard InChI is InChI=1S/C30H24N2O2/c31-27-5-1-3-7-29(27)33-25-17-13-23(14-18-25)21-9-11-22(12-10-21)24-15-19-26(20-16-24)34-30-8-4-2-6-28(30)32/h1-20H,31-32H2. The quantitative estimate of drug-likeness (QED) is 0.262. The van der Waals surface area contributed by atoms with Crippen LogP contribution in [-0.2, 0) is 0 Å². The summed E-state index contributed by atoms with van der Waals surface area (Å²) in [6.45, 7) is 0. The molecule has 0 amide bonds. The predicted molar refractivity (Wildman–Crippen MR) is 139 cm³/mol. The molecule has 4 N–H and O–H groups in total. The number of nitrogen functional groups attached to an aromatic ring is 2. The summed E-state index contributed by atoms with van der Waals surface area (Å²) in [6.07, 6.45) is 0. The minimum absolute atomic E-state index is 0.617. The summed E-state index contributed by atoms with van der Waals surface area (Å²) in [7, 11) is 0. The SMILES string of the molecule is Nc1ccccc1Oc1ccc(-c2ccc(-c3ccc(Oc4ccccc4N)cc3)cc2)cc1. The molecule has 4 heteroatoms. The van der Waals surface area contributed by atoms with Crippen molar-refractivity contribution in [3.63, 3.8) is 0 Å². The molecule has 0 radical (unpaired) electrons. The van der Waals surface area contributed by atoms with Gasteiger partial charge in [0.05, 0.1) is 11.4 Å². The molecule has 0 aliphatic heterocycles. The van der Waals surface area contributed by atoms with E-state index >= 15 is 0 Å². The average Bonchev–Trinajstić information content (AvgIpc) is 2.88. The topological polar surface area (TPSA) is 70.5 Å². The highest BCUT2D eigenvalue weighted by atomic mass is 16.5. The first-order chi connectivity index (χ1) is 16.7. The molecule has 0 heterocycles. The van der Waals surface area contributed by atoms with Crippen LogP contribution in [0.25, 0.3) is 22.3 Å². The van der Waals surface area contributed by atoms with Crippen LogP contribution in [0.4, 0.5) is 11.4 Å². The molecule has 5 rings (SSSR count). The van der Waals surface area contributed by atoms with Crippen molar-refractivity contribution in [1.29, 1.82) is 0 Å². The normalized spacial score (nSPS) is 10.6. The lowest BCUT2D eigenvalue weighted by atomic mass is 10.0. The summed E-state index contributed by atoms with van der Waals surface area (Å²) in [5.74, 6) is 2.81. The maximum Gasteiger partial charge on any atom is 0.150 e. The van der Waals surface area contributed by atoms with Crippen molar-refractivity contribution in [1.82, 2.24) is 0 Å². The maximum absolute atomic E-state index is 5.96. The second kappa shape index (κ2) is 9.43. The Bertz CT molecular complexity index is 1280. The van der Waals surface area contributed by atoms with E-state index in [0.717, 1.165) is 33.8 Å². The van der Waals surface area contributed by atoms with Crippen LogP contribution < -0.4 is 20.9 Å². The number of rotatable bonds is 6. The smallest absolute Gasteiger partial charge is 0.150 e. The number of anilines is 2. The van der Waals surface area contributed by atoms with E-state index in [0.29, 0.717) is 22.9 Å². The Balaban J connectivity index is 1.27. The number of hydrogen-bond acceptors (Lipinski definition) is 4. The van der Waals surface area contributed by atoms with Gasteiger partial charge >= 0.3 is 0 Å². The highest BCUT2D eigenvalue weighted by molar-refractivity contribution is 5.71. The lowest BCUT2D eigenvalue weighted by molar-refractivity contribution is 0.485. The summed E-state index contributed by atoms with van der Waals surface area (Å²) >= 11 is 0. The molecule has 166 valence electrons. The summed E-state index contributed by atoms with van der Waals surface area (Å²) in [6, 6.07) is 39.4. The summed E-state index contributed by atoms with van der Waals surface area (Å²) in [4.78, 5) is 0. The van der Waals surface area contributed by atoms with Gasteiger partial charge in [0.1, 0.15) is 23.0 Å². The third kappa shape index (κ3) is 4.71. The zero-order valence-corrected chi connectivity index (χ0v) is 18.5. The van der Waals surface area contributed by atoms with E-state index in [1.165, 1.54) is 0 Å². The Hall–Kier alpha value is -4.70. The maximum atomic E-state index is 5.96. The number of hydrogen-bond donors (Lipinski definition) is 2. The van der Waals surface area contributed by atoms with Crippen LogP contribution in [-0.4, -0.2) is 0 Å². The van der Waals surface area contributed by atoms with E-state index in [9.17, 15) is 0 Å². The molecule has 0 aliphatic rings. The molecule has 0 aliphatic carbocycles. The molecule has 0 saturated heterocycles. The largest absolute Gasteiger partial charge is 0.455 e. The highest BCUT2D eigenvalue weighted by Crippen LogP contribution is 2.32. The van der Waals surface area contributed by atoms with Crippen molar-refractivity contribution in [2.45, 2.75) is 0 Å². The van der Waals surface area contributed by atoms with Crippen LogP contribution in [0.15, 0.2) is 121 Å². The van der Waals surface area contributed by atoms with Gasteiger partial charge in [-0.2, -0.15) is 0 Å². The fourth-order valence-corrected chi connectivity index (χ4v) is 3.69. The van der Waals surface area contributed by atoms with Gasteiger partial charge in [-0.1, -0.05) is 72.8 Å². The van der Waals surface area contributed by atoms with E-state index in [2.05, 4.69) is 24.3 Å². The Morgan fingerprint density at radius 2 is 0.647 bits per heavy atom. The van der Waals surface area contributed by atoms with Gasteiger partial charge in [-0.05, 0) is 70.8 Å². The Labute approximate surface area is 199 Å². The van der Waals surface area contributed by atoms with Gasteiger partial charge in [-0.3, -0.25) is 0 Å². The molecule has 5 aromatic rings. The van der Waals surface area contributed by atoms with E-state index in [1.807, 2.05) is 97.1 Å². The first kappa shape index (κ1) is 21.2. The van der Waals surface area contributed by atoms with Crippen LogP contribution in [0.3, 0.4) is 0 Å². The summed E-state index contributed by atoms with van der Waals surface area (Å²) < 4.78 is 11.8. The Morgan fingerprint density at radius 1 is 0.353 bits per heavy atom. The third-order valence-corrected chi connectivity index (χ3v) is 5.55. The van der Waals surface area contributed by atoms with E-state index < -0.39 is 0 Å². The van der Waals surface area contributed by atoms with Crippen molar-refractivity contribution in [2.75, 3.05) is 11.5 Å². The predicted octanol–water partition coefficient (Wildman–Crippen LogP) is 7.77. The number of benzene rings is 5. The zero-order chi connectivity index (χ0) is 23.3. The second-order valence-electron chi connectivity index (χ2n) is 7.91. The van der Waals surface area contributed by atoms with Gasteiger partial charge in [0.2, 0.25) is 0 Å². The first-order valence-electron chi connectivity index (χ1n) is 11.0. The fourth-order valence-electron chi connectivity index (χ4n) is 3.69. The van der Waals surface area contributed by atoms with Crippen molar-refractivity contribution in [3.05, 3.63) is 121 Å². The van der Waals surface area contributed by atoms with Crippen LogP contribution in [0.1, 0.15) is 0 Å². The number of para-hydroxylation sites is 4. The fraction of sp³-hybridized carbons (Fsp3) is 0. The van der Waals surface area contributed by atoms with Gasteiger partial charge < -0.3 is 20.9 Å². The third-order valence-electron chi connectivity index (χ3n) is 5.55. The van der Waals surface area contributed by atoms with Crippen LogP contribution in [0.5, 0.6) is 23.0 Å². The van der Waals surface area contributed by atoms with Crippen LogP contribution in [0.2, 0.25) is 0 Å². The average molecular weight is 445 g/mol. The first-order valence-corrected chi connectivity index (χ1v) is 11.0.